The molecule has 0 heterocycles. The monoisotopic (exact) mass is 534 g/mol. The Bertz CT molecular complexity index is 715. The smallest absolute Gasteiger partial charge is 0.200 e. The molecule has 0 aromatic heterocycles. The lowest BCUT2D eigenvalue weighted by atomic mass is 10.1. The first kappa shape index (κ1) is 33.7. The minimum atomic E-state index is -2.09. The first-order chi connectivity index (χ1) is 17.7. The second-order valence-corrected chi connectivity index (χ2v) is 16.2. The predicted molar refractivity (Wildman–Crippen MR) is 157 cm³/mol. The molecule has 0 aliphatic heterocycles. The van der Waals surface area contributed by atoms with E-state index in [4.69, 9.17) is 23.4 Å². The largest absolute Gasteiger partial charge is 0.413 e. The van der Waals surface area contributed by atoms with Crippen LogP contribution in [0.15, 0.2) is 55.6 Å². The fraction of sp³-hybridized carbons (Fsp3) is 0.677. The van der Waals surface area contributed by atoms with Crippen LogP contribution in [0.3, 0.4) is 0 Å². The summed E-state index contributed by atoms with van der Waals surface area (Å²) in [5.41, 5.74) is 2.59. The van der Waals surface area contributed by atoms with E-state index in [1.165, 1.54) is 0 Å². The molecule has 5 nitrogen and oxygen atoms in total. The number of ether oxygens (including phenoxy) is 4. The van der Waals surface area contributed by atoms with Gasteiger partial charge in [-0.1, -0.05) is 91.0 Å². The summed E-state index contributed by atoms with van der Waals surface area (Å²) >= 11 is 0. The van der Waals surface area contributed by atoms with Crippen LogP contribution in [0.1, 0.15) is 73.3 Å². The van der Waals surface area contributed by atoms with Crippen LogP contribution in [0.4, 0.5) is 0 Å². The Morgan fingerprint density at radius 2 is 1.32 bits per heavy atom. The van der Waals surface area contributed by atoms with Crippen molar-refractivity contribution < 1.29 is 23.4 Å². The Morgan fingerprint density at radius 3 is 1.78 bits per heavy atom. The molecule has 0 spiro atoms. The molecule has 6 heteroatoms. The highest BCUT2D eigenvalue weighted by Crippen LogP contribution is 2.42. The minimum Gasteiger partial charge on any atom is -0.413 e. The molecule has 0 fully saturated rings. The van der Waals surface area contributed by atoms with Crippen LogP contribution in [-0.2, 0) is 30.0 Å². The van der Waals surface area contributed by atoms with Gasteiger partial charge in [-0.15, -0.1) is 13.2 Å². The number of hydrogen-bond acceptors (Lipinski definition) is 5. The zero-order chi connectivity index (χ0) is 27.8. The average molecular weight is 535 g/mol. The highest BCUT2D eigenvalue weighted by Gasteiger charge is 2.46. The Balaban J connectivity index is 3.22. The van der Waals surface area contributed by atoms with Gasteiger partial charge >= 0.3 is 0 Å². The summed E-state index contributed by atoms with van der Waals surface area (Å²) in [5, 5.41) is 0. The molecule has 0 aliphatic carbocycles. The molecule has 0 saturated carbocycles. The van der Waals surface area contributed by atoms with Gasteiger partial charge in [-0.3, -0.25) is 0 Å². The van der Waals surface area contributed by atoms with Gasteiger partial charge in [0.1, 0.15) is 12.9 Å². The summed E-state index contributed by atoms with van der Waals surface area (Å²) in [6.45, 7) is 25.1. The van der Waals surface area contributed by atoms with E-state index in [1.807, 2.05) is 30.4 Å². The van der Waals surface area contributed by atoms with E-state index in [0.29, 0.717) is 42.7 Å². The van der Waals surface area contributed by atoms with Gasteiger partial charge in [0.25, 0.3) is 0 Å². The molecule has 0 unspecified atom stereocenters. The number of rotatable bonds is 21. The molecular weight excluding hydrogens is 480 g/mol. The Morgan fingerprint density at radius 1 is 0.784 bits per heavy atom. The third kappa shape index (κ3) is 10.4. The predicted octanol–water partition coefficient (Wildman–Crippen LogP) is 8.07. The van der Waals surface area contributed by atoms with Crippen LogP contribution in [0.5, 0.6) is 0 Å². The highest BCUT2D eigenvalue weighted by atomic mass is 28.4. The van der Waals surface area contributed by atoms with Crippen molar-refractivity contribution in [3.63, 3.8) is 0 Å². The molecule has 4 atom stereocenters. The van der Waals surface area contributed by atoms with Crippen molar-refractivity contribution in [2.24, 2.45) is 0 Å². The molecule has 212 valence electrons. The SMILES string of the molecule is C=CC[C@H](OCOC)[C@H](CO[Si](C(C)C)(C(C)C)C(C)C)O[C@H](CC)[C@@H](CC=C)OCc1ccccc1. The lowest BCUT2D eigenvalue weighted by Gasteiger charge is -2.44. The fourth-order valence-corrected chi connectivity index (χ4v) is 11.0. The zero-order valence-electron chi connectivity index (χ0n) is 24.8. The van der Waals surface area contributed by atoms with Crippen molar-refractivity contribution in [3.8, 4) is 0 Å². The molecule has 1 aromatic rings. The van der Waals surface area contributed by atoms with Crippen molar-refractivity contribution in [1.29, 1.82) is 0 Å². The summed E-state index contributed by atoms with van der Waals surface area (Å²) in [4.78, 5) is 0. The van der Waals surface area contributed by atoms with Crippen molar-refractivity contribution in [2.75, 3.05) is 20.5 Å². The van der Waals surface area contributed by atoms with Crippen LogP contribution in [-0.4, -0.2) is 53.2 Å². The van der Waals surface area contributed by atoms with E-state index in [0.717, 1.165) is 12.0 Å². The van der Waals surface area contributed by atoms with Crippen LogP contribution in [0, 0.1) is 0 Å². The van der Waals surface area contributed by atoms with E-state index < -0.39 is 8.32 Å². The topological polar surface area (TPSA) is 46.2 Å². The van der Waals surface area contributed by atoms with Crippen molar-refractivity contribution >= 4 is 8.32 Å². The first-order valence-corrected chi connectivity index (χ1v) is 16.1. The lowest BCUT2D eigenvalue weighted by Crippen LogP contribution is -2.51. The summed E-state index contributed by atoms with van der Waals surface area (Å²) < 4.78 is 31.6. The molecular formula is C31H54O5Si. The summed E-state index contributed by atoms with van der Waals surface area (Å²) in [6.07, 6.45) is 5.15. The second kappa shape index (κ2) is 18.1. The maximum absolute atomic E-state index is 7.00. The van der Waals surface area contributed by atoms with Crippen LogP contribution in [0.25, 0.3) is 0 Å². The van der Waals surface area contributed by atoms with Gasteiger partial charge in [-0.05, 0) is 41.4 Å². The van der Waals surface area contributed by atoms with Gasteiger partial charge in [-0.2, -0.15) is 0 Å². The van der Waals surface area contributed by atoms with Crippen LogP contribution >= 0.6 is 0 Å². The molecule has 0 N–H and O–H groups in total. The van der Waals surface area contributed by atoms with Crippen LogP contribution in [0.2, 0.25) is 16.6 Å². The minimum absolute atomic E-state index is 0.126. The van der Waals surface area contributed by atoms with E-state index in [1.54, 1.807) is 7.11 Å². The zero-order valence-corrected chi connectivity index (χ0v) is 25.8. The molecule has 0 aliphatic rings. The third-order valence-electron chi connectivity index (χ3n) is 7.29. The van der Waals surface area contributed by atoms with E-state index in [2.05, 4.69) is 73.8 Å². The van der Waals surface area contributed by atoms with Crippen molar-refractivity contribution in [2.45, 2.75) is 115 Å². The Labute approximate surface area is 228 Å². The van der Waals surface area contributed by atoms with Gasteiger partial charge < -0.3 is 23.4 Å². The molecule has 37 heavy (non-hydrogen) atoms. The summed E-state index contributed by atoms with van der Waals surface area (Å²) in [6, 6.07) is 10.2. The van der Waals surface area contributed by atoms with E-state index in [-0.39, 0.29) is 31.2 Å². The number of benzene rings is 1. The molecule has 0 amide bonds. The third-order valence-corrected chi connectivity index (χ3v) is 13.4. The number of methoxy groups -OCH3 is 1. The maximum atomic E-state index is 7.00. The number of hydrogen-bond donors (Lipinski definition) is 0. The van der Waals surface area contributed by atoms with Crippen molar-refractivity contribution in [1.82, 2.24) is 0 Å². The Kier molecular flexibility index (Phi) is 16.5. The molecule has 0 radical (unpaired) electrons. The van der Waals surface area contributed by atoms with Gasteiger partial charge in [0.2, 0.25) is 0 Å². The standard InChI is InChI=1S/C31H54O5Si/c1-11-17-29(33-21-27-19-15-14-16-20-27)28(13-3)36-31(30(18-12-2)34-23-32-10)22-35-37(24(4)5,25(6)7)26(8)9/h11-12,14-16,19-20,24-26,28-31H,1-2,13,17-18,21-23H2,3-10H3/t28-,29-,30+,31+/m1/s1. The second-order valence-electron chi connectivity index (χ2n) is 10.7. The van der Waals surface area contributed by atoms with Crippen molar-refractivity contribution in [3.05, 3.63) is 61.2 Å². The van der Waals surface area contributed by atoms with Crippen LogP contribution < -0.4 is 0 Å². The van der Waals surface area contributed by atoms with E-state index in [9.17, 15) is 0 Å². The maximum Gasteiger partial charge on any atom is 0.200 e. The average Bonchev–Trinajstić information content (AvgIpc) is 2.87. The lowest BCUT2D eigenvalue weighted by molar-refractivity contribution is -0.175. The molecule has 1 rings (SSSR count). The first-order valence-electron chi connectivity index (χ1n) is 13.9. The van der Waals surface area contributed by atoms with E-state index >= 15 is 0 Å². The normalized spacial score (nSPS) is 15.6. The van der Waals surface area contributed by atoms with Gasteiger partial charge in [0, 0.05) is 7.11 Å². The molecule has 1 aromatic carbocycles. The van der Waals surface area contributed by atoms with Gasteiger partial charge in [0.05, 0.1) is 31.5 Å². The van der Waals surface area contributed by atoms with Gasteiger partial charge in [-0.25, -0.2) is 0 Å². The highest BCUT2D eigenvalue weighted by molar-refractivity contribution is 6.77. The molecule has 0 bridgehead atoms. The molecule has 0 saturated heterocycles. The fourth-order valence-electron chi connectivity index (χ4n) is 5.55. The summed E-state index contributed by atoms with van der Waals surface area (Å²) in [7, 11) is -0.457. The Hall–Kier alpha value is -1.28. The quantitative estimate of drug-likeness (QED) is 0.0906. The van der Waals surface area contributed by atoms with Gasteiger partial charge in [0.15, 0.2) is 8.32 Å². The summed E-state index contributed by atoms with van der Waals surface area (Å²) in [5.74, 6) is 0.